The first-order chi connectivity index (χ1) is 10.2. The van der Waals surface area contributed by atoms with Crippen LogP contribution in [0.5, 0.6) is 0 Å². The summed E-state index contributed by atoms with van der Waals surface area (Å²) in [5.74, 6) is 0.418. The fraction of sp³-hybridized carbons (Fsp3) is 0. The van der Waals surface area contributed by atoms with E-state index in [1.807, 2.05) is 42.5 Å². The summed E-state index contributed by atoms with van der Waals surface area (Å²) < 4.78 is 0. The summed E-state index contributed by atoms with van der Waals surface area (Å²) in [6.07, 6.45) is 0. The van der Waals surface area contributed by atoms with Crippen molar-refractivity contribution < 1.29 is 0 Å². The number of nitrogens with two attached hydrogens (primary N) is 2. The molecule has 0 fully saturated rings. The number of hydrazone groups is 1. The molecular formula is C15H14N6. The molecule has 5 N–H and O–H groups in total. The zero-order valence-electron chi connectivity index (χ0n) is 11.2. The van der Waals surface area contributed by atoms with Gasteiger partial charge in [-0.3, -0.25) is 5.43 Å². The van der Waals surface area contributed by atoms with E-state index in [0.717, 1.165) is 11.3 Å². The molecule has 0 spiro atoms. The average molecular weight is 278 g/mol. The highest BCUT2D eigenvalue weighted by atomic mass is 15.4. The van der Waals surface area contributed by atoms with E-state index in [0.29, 0.717) is 5.71 Å². The lowest BCUT2D eigenvalue weighted by atomic mass is 10.1. The first-order valence-corrected chi connectivity index (χ1v) is 6.40. The molecular weight excluding hydrogens is 264 g/mol. The molecule has 2 aromatic carbocycles. The molecule has 1 aliphatic heterocycles. The summed E-state index contributed by atoms with van der Waals surface area (Å²) in [7, 11) is 0. The number of amidine groups is 2. The minimum atomic E-state index is 0.209. The van der Waals surface area contributed by atoms with E-state index < -0.39 is 0 Å². The Kier molecular flexibility index (Phi) is 3.34. The van der Waals surface area contributed by atoms with Crippen LogP contribution in [0.1, 0.15) is 0 Å². The fourth-order valence-corrected chi connectivity index (χ4v) is 1.94. The predicted molar refractivity (Wildman–Crippen MR) is 86.2 cm³/mol. The Hall–Kier alpha value is -3.15. The van der Waals surface area contributed by atoms with Crippen molar-refractivity contribution >= 4 is 23.1 Å². The maximum Gasteiger partial charge on any atom is 0.177 e. The highest BCUT2D eigenvalue weighted by molar-refractivity contribution is 6.68. The lowest BCUT2D eigenvalue weighted by Gasteiger charge is -2.05. The predicted octanol–water partition coefficient (Wildman–Crippen LogP) is 1.76. The van der Waals surface area contributed by atoms with E-state index in [-0.39, 0.29) is 11.7 Å². The van der Waals surface area contributed by atoms with Crippen LogP contribution >= 0.6 is 0 Å². The summed E-state index contributed by atoms with van der Waals surface area (Å²) in [6, 6.07) is 18.0. The van der Waals surface area contributed by atoms with Gasteiger partial charge in [0.05, 0.1) is 5.69 Å². The van der Waals surface area contributed by atoms with Gasteiger partial charge in [-0.25, -0.2) is 0 Å². The molecule has 3 rings (SSSR count). The van der Waals surface area contributed by atoms with E-state index in [1.54, 1.807) is 0 Å². The van der Waals surface area contributed by atoms with Crippen molar-refractivity contribution in [2.75, 3.05) is 5.43 Å². The van der Waals surface area contributed by atoms with Crippen LogP contribution in [0.4, 0.5) is 5.69 Å². The summed E-state index contributed by atoms with van der Waals surface area (Å²) in [4.78, 5) is 0. The molecule has 0 saturated carbocycles. The molecule has 21 heavy (non-hydrogen) atoms. The standard InChI is InChI=1S/C15H14N6/c16-14-13(15(17)21-20-14)19-18-12-8-6-11(7-9-12)10-4-2-1-3-5-10/h1-9,18H,(H4,16,17,19,20,21). The Morgan fingerprint density at radius 2 is 1.33 bits per heavy atom. The Morgan fingerprint density at radius 3 is 1.95 bits per heavy atom. The number of nitrogens with zero attached hydrogens (tertiary/aromatic N) is 3. The number of hydrogen-bond donors (Lipinski definition) is 3. The van der Waals surface area contributed by atoms with Crippen LogP contribution in [0, 0.1) is 0 Å². The smallest absolute Gasteiger partial charge is 0.177 e. The second-order valence-electron chi connectivity index (χ2n) is 4.49. The minimum absolute atomic E-state index is 0.209. The zero-order valence-corrected chi connectivity index (χ0v) is 11.2. The summed E-state index contributed by atoms with van der Waals surface area (Å²) in [6.45, 7) is 0. The van der Waals surface area contributed by atoms with Gasteiger partial charge in [-0.1, -0.05) is 42.5 Å². The molecule has 2 aromatic rings. The van der Waals surface area contributed by atoms with Gasteiger partial charge in [0.1, 0.15) is 0 Å². The third-order valence-corrected chi connectivity index (χ3v) is 3.04. The highest BCUT2D eigenvalue weighted by Gasteiger charge is 2.16. The quantitative estimate of drug-likeness (QED) is 0.745. The Labute approximate surface area is 121 Å². The zero-order chi connectivity index (χ0) is 14.7. The number of nitrogens with one attached hydrogen (secondary N) is 1. The third-order valence-electron chi connectivity index (χ3n) is 3.04. The molecule has 6 heteroatoms. The van der Waals surface area contributed by atoms with Crippen LogP contribution < -0.4 is 16.9 Å². The summed E-state index contributed by atoms with van der Waals surface area (Å²) in [5.41, 5.74) is 17.6. The van der Waals surface area contributed by atoms with E-state index in [9.17, 15) is 0 Å². The Balaban J connectivity index is 1.75. The normalized spacial score (nSPS) is 13.6. The van der Waals surface area contributed by atoms with Gasteiger partial charge < -0.3 is 11.5 Å². The van der Waals surface area contributed by atoms with E-state index >= 15 is 0 Å². The lowest BCUT2D eigenvalue weighted by Crippen LogP contribution is -2.32. The highest BCUT2D eigenvalue weighted by Crippen LogP contribution is 2.20. The van der Waals surface area contributed by atoms with Gasteiger partial charge in [-0.2, -0.15) is 5.10 Å². The minimum Gasteiger partial charge on any atom is -0.380 e. The van der Waals surface area contributed by atoms with Gasteiger partial charge in [0, 0.05) is 0 Å². The maximum atomic E-state index is 5.62. The van der Waals surface area contributed by atoms with Crippen molar-refractivity contribution in [3.8, 4) is 11.1 Å². The maximum absolute atomic E-state index is 5.62. The summed E-state index contributed by atoms with van der Waals surface area (Å²) in [5, 5.41) is 11.4. The fourth-order valence-electron chi connectivity index (χ4n) is 1.94. The van der Waals surface area contributed by atoms with Gasteiger partial charge in [-0.15, -0.1) is 10.2 Å². The van der Waals surface area contributed by atoms with Gasteiger partial charge in [0.25, 0.3) is 0 Å². The second kappa shape index (κ2) is 5.46. The Morgan fingerprint density at radius 1 is 0.762 bits per heavy atom. The topological polar surface area (TPSA) is 101 Å². The monoisotopic (exact) mass is 278 g/mol. The molecule has 0 radical (unpaired) electrons. The van der Waals surface area contributed by atoms with Crippen molar-refractivity contribution in [3.63, 3.8) is 0 Å². The van der Waals surface area contributed by atoms with Crippen molar-refractivity contribution in [1.29, 1.82) is 0 Å². The molecule has 0 aromatic heterocycles. The molecule has 104 valence electrons. The molecule has 0 unspecified atom stereocenters. The molecule has 1 heterocycles. The number of rotatable bonds is 3. The largest absolute Gasteiger partial charge is 0.380 e. The lowest BCUT2D eigenvalue weighted by molar-refractivity contribution is 1.25. The van der Waals surface area contributed by atoms with E-state index in [1.165, 1.54) is 5.56 Å². The van der Waals surface area contributed by atoms with Gasteiger partial charge in [-0.05, 0) is 23.3 Å². The van der Waals surface area contributed by atoms with Crippen molar-refractivity contribution in [1.82, 2.24) is 0 Å². The SMILES string of the molecule is NC1=NN=C(N)C1=NNc1ccc(-c2ccccc2)cc1. The molecule has 0 bridgehead atoms. The van der Waals surface area contributed by atoms with Crippen LogP contribution in [0.3, 0.4) is 0 Å². The molecule has 0 atom stereocenters. The molecule has 0 aliphatic carbocycles. The van der Waals surface area contributed by atoms with Gasteiger partial charge in [0.2, 0.25) is 0 Å². The van der Waals surface area contributed by atoms with Gasteiger partial charge >= 0.3 is 0 Å². The Bertz CT molecular complexity index is 709. The van der Waals surface area contributed by atoms with Crippen LogP contribution in [0.15, 0.2) is 69.9 Å². The average Bonchev–Trinajstić information content (AvgIpc) is 2.85. The van der Waals surface area contributed by atoms with Crippen LogP contribution in [-0.4, -0.2) is 17.4 Å². The van der Waals surface area contributed by atoms with Crippen molar-refractivity contribution in [2.24, 2.45) is 26.8 Å². The van der Waals surface area contributed by atoms with E-state index in [2.05, 4.69) is 32.9 Å². The van der Waals surface area contributed by atoms with Crippen LogP contribution in [0.2, 0.25) is 0 Å². The number of hydrogen-bond acceptors (Lipinski definition) is 6. The van der Waals surface area contributed by atoms with Crippen LogP contribution in [-0.2, 0) is 0 Å². The van der Waals surface area contributed by atoms with Gasteiger partial charge in [0.15, 0.2) is 17.4 Å². The summed E-state index contributed by atoms with van der Waals surface area (Å²) >= 11 is 0. The third kappa shape index (κ3) is 2.74. The second-order valence-corrected chi connectivity index (χ2v) is 4.49. The first kappa shape index (κ1) is 12.9. The van der Waals surface area contributed by atoms with Crippen molar-refractivity contribution in [3.05, 3.63) is 54.6 Å². The van der Waals surface area contributed by atoms with Crippen LogP contribution in [0.25, 0.3) is 11.1 Å². The molecule has 6 nitrogen and oxygen atoms in total. The van der Waals surface area contributed by atoms with Crippen molar-refractivity contribution in [2.45, 2.75) is 0 Å². The number of anilines is 1. The molecule has 1 aliphatic rings. The number of benzene rings is 2. The van der Waals surface area contributed by atoms with E-state index in [4.69, 9.17) is 11.5 Å². The molecule has 0 saturated heterocycles. The molecule has 0 amide bonds. The first-order valence-electron chi connectivity index (χ1n) is 6.40.